The first-order chi connectivity index (χ1) is 10.2. The third-order valence-corrected chi connectivity index (χ3v) is 5.12. The van der Waals surface area contributed by atoms with Crippen LogP contribution in [0.4, 0.5) is 0 Å². The zero-order valence-electron chi connectivity index (χ0n) is 12.3. The zero-order valence-corrected chi connectivity index (χ0v) is 12.3. The van der Waals surface area contributed by atoms with E-state index in [1.165, 1.54) is 12.8 Å². The summed E-state index contributed by atoms with van der Waals surface area (Å²) in [5.41, 5.74) is 1.80. The van der Waals surface area contributed by atoms with Crippen LogP contribution in [0.3, 0.4) is 0 Å². The van der Waals surface area contributed by atoms with Crippen molar-refractivity contribution in [1.29, 1.82) is 0 Å². The molecule has 0 radical (unpaired) electrons. The molecule has 2 saturated heterocycles. The molecule has 2 aliphatic rings. The Balaban J connectivity index is 1.55. The van der Waals surface area contributed by atoms with E-state index >= 15 is 0 Å². The summed E-state index contributed by atoms with van der Waals surface area (Å²) in [6.45, 7) is 0. The maximum absolute atomic E-state index is 12.7. The predicted octanol–water partition coefficient (Wildman–Crippen LogP) is 2.52. The van der Waals surface area contributed by atoms with Gasteiger partial charge in [-0.25, -0.2) is 0 Å². The van der Waals surface area contributed by atoms with Gasteiger partial charge in [0.1, 0.15) is 0 Å². The van der Waals surface area contributed by atoms with Crippen molar-refractivity contribution in [1.82, 2.24) is 15.2 Å². The number of hydrogen-bond donors (Lipinski definition) is 2. The van der Waals surface area contributed by atoms with E-state index in [2.05, 4.69) is 10.3 Å². The fraction of sp³-hybridized carbons (Fsp3) is 0.471. The van der Waals surface area contributed by atoms with Crippen LogP contribution in [0.15, 0.2) is 30.5 Å². The Kier molecular flexibility index (Phi) is 3.00. The molecule has 1 amide bonds. The van der Waals surface area contributed by atoms with Crippen LogP contribution < -0.4 is 5.32 Å². The second-order valence-corrected chi connectivity index (χ2v) is 6.46. The topological polar surface area (TPSA) is 48.1 Å². The largest absolute Gasteiger partial charge is 0.361 e. The van der Waals surface area contributed by atoms with E-state index in [9.17, 15) is 4.79 Å². The van der Waals surface area contributed by atoms with Crippen LogP contribution in [0.5, 0.6) is 0 Å². The molecule has 4 rings (SSSR count). The molecule has 2 aromatic rings. The molecule has 2 unspecified atom stereocenters. The lowest BCUT2D eigenvalue weighted by Crippen LogP contribution is -2.48. The van der Waals surface area contributed by atoms with Gasteiger partial charge < -0.3 is 15.2 Å². The van der Waals surface area contributed by atoms with E-state index < -0.39 is 0 Å². The molecule has 2 bridgehead atoms. The van der Waals surface area contributed by atoms with Gasteiger partial charge >= 0.3 is 0 Å². The lowest BCUT2D eigenvalue weighted by molar-refractivity contribution is 0.0682. The van der Waals surface area contributed by atoms with Gasteiger partial charge in [0.25, 0.3) is 5.91 Å². The minimum Gasteiger partial charge on any atom is -0.361 e. The molecule has 0 spiro atoms. The predicted molar refractivity (Wildman–Crippen MR) is 83.4 cm³/mol. The van der Waals surface area contributed by atoms with E-state index in [1.807, 2.05) is 42.4 Å². The Labute approximate surface area is 124 Å². The number of H-pyrrole nitrogens is 1. The Morgan fingerprint density at radius 1 is 1.19 bits per heavy atom. The minimum atomic E-state index is 0.137. The van der Waals surface area contributed by atoms with Crippen LogP contribution in [-0.2, 0) is 0 Å². The van der Waals surface area contributed by atoms with Crippen molar-refractivity contribution in [2.75, 3.05) is 7.05 Å². The molecule has 4 nitrogen and oxygen atoms in total. The van der Waals surface area contributed by atoms with Gasteiger partial charge in [-0.1, -0.05) is 6.07 Å². The number of rotatable bonds is 2. The third kappa shape index (κ3) is 2.23. The monoisotopic (exact) mass is 283 g/mol. The van der Waals surface area contributed by atoms with Crippen LogP contribution in [0, 0.1) is 0 Å². The summed E-state index contributed by atoms with van der Waals surface area (Å²) in [5.74, 6) is 0.137. The SMILES string of the molecule is CN(C(=O)c1ccc2cc[nH]c2c1)C1CC2CCC(C1)N2. The first-order valence-corrected chi connectivity index (χ1v) is 7.81. The van der Waals surface area contributed by atoms with Crippen LogP contribution in [0.1, 0.15) is 36.0 Å². The van der Waals surface area contributed by atoms with E-state index in [1.54, 1.807) is 0 Å². The quantitative estimate of drug-likeness (QED) is 0.889. The summed E-state index contributed by atoms with van der Waals surface area (Å²) in [6, 6.07) is 9.52. The van der Waals surface area contributed by atoms with Crippen molar-refractivity contribution < 1.29 is 4.79 Å². The number of amides is 1. The average molecular weight is 283 g/mol. The minimum absolute atomic E-state index is 0.137. The number of piperidine rings is 1. The van der Waals surface area contributed by atoms with Gasteiger partial charge in [0, 0.05) is 42.5 Å². The summed E-state index contributed by atoms with van der Waals surface area (Å²) < 4.78 is 0. The maximum Gasteiger partial charge on any atom is 0.253 e. The number of benzene rings is 1. The first-order valence-electron chi connectivity index (χ1n) is 7.81. The van der Waals surface area contributed by atoms with Gasteiger partial charge in [-0.3, -0.25) is 4.79 Å². The van der Waals surface area contributed by atoms with E-state index in [4.69, 9.17) is 0 Å². The molecule has 3 heterocycles. The molecule has 2 N–H and O–H groups in total. The van der Waals surface area contributed by atoms with Gasteiger partial charge in [0.05, 0.1) is 0 Å². The number of hydrogen-bond acceptors (Lipinski definition) is 2. The molecular formula is C17H21N3O. The highest BCUT2D eigenvalue weighted by Gasteiger charge is 2.36. The Bertz CT molecular complexity index is 665. The molecule has 2 aliphatic heterocycles. The zero-order chi connectivity index (χ0) is 14.4. The number of aromatic nitrogens is 1. The van der Waals surface area contributed by atoms with Crippen LogP contribution in [0.25, 0.3) is 10.9 Å². The standard InChI is InChI=1S/C17H21N3O/c1-20(15-9-13-4-5-14(10-15)19-13)17(21)12-3-2-11-6-7-18-16(11)8-12/h2-3,6-8,13-15,18-19H,4-5,9-10H2,1H3. The van der Waals surface area contributed by atoms with Crippen molar-refractivity contribution in [2.45, 2.75) is 43.8 Å². The molecule has 2 fully saturated rings. The average Bonchev–Trinajstić information content (AvgIpc) is 3.11. The van der Waals surface area contributed by atoms with Crippen molar-refractivity contribution in [3.8, 4) is 0 Å². The van der Waals surface area contributed by atoms with Crippen molar-refractivity contribution in [2.24, 2.45) is 0 Å². The molecule has 4 heteroatoms. The fourth-order valence-electron chi connectivity index (χ4n) is 3.89. The molecule has 2 atom stereocenters. The van der Waals surface area contributed by atoms with Crippen molar-refractivity contribution >= 4 is 16.8 Å². The lowest BCUT2D eigenvalue weighted by atomic mass is 9.98. The second-order valence-electron chi connectivity index (χ2n) is 6.46. The molecule has 21 heavy (non-hydrogen) atoms. The molecule has 110 valence electrons. The Morgan fingerprint density at radius 3 is 2.71 bits per heavy atom. The molecular weight excluding hydrogens is 262 g/mol. The first kappa shape index (κ1) is 12.9. The number of nitrogens with one attached hydrogen (secondary N) is 2. The van der Waals surface area contributed by atoms with Crippen LogP contribution >= 0.6 is 0 Å². The van der Waals surface area contributed by atoms with E-state index in [0.717, 1.165) is 29.3 Å². The number of carbonyl (C=O) groups is 1. The van der Waals surface area contributed by atoms with Gasteiger partial charge in [-0.2, -0.15) is 0 Å². The van der Waals surface area contributed by atoms with E-state index in [0.29, 0.717) is 18.1 Å². The number of fused-ring (bicyclic) bond motifs is 3. The van der Waals surface area contributed by atoms with Gasteiger partial charge in [-0.05, 0) is 49.3 Å². The van der Waals surface area contributed by atoms with Gasteiger partial charge in [0.15, 0.2) is 0 Å². The summed E-state index contributed by atoms with van der Waals surface area (Å²) in [7, 11) is 1.96. The second kappa shape index (κ2) is 4.88. The highest BCUT2D eigenvalue weighted by molar-refractivity contribution is 5.98. The highest BCUT2D eigenvalue weighted by Crippen LogP contribution is 2.30. The number of nitrogens with zero attached hydrogens (tertiary/aromatic N) is 1. The van der Waals surface area contributed by atoms with Crippen LogP contribution in [0.2, 0.25) is 0 Å². The fourth-order valence-corrected chi connectivity index (χ4v) is 3.89. The maximum atomic E-state index is 12.7. The number of carbonyl (C=O) groups excluding carboxylic acids is 1. The van der Waals surface area contributed by atoms with Gasteiger partial charge in [0.2, 0.25) is 0 Å². The Hall–Kier alpha value is -1.81. The summed E-state index contributed by atoms with van der Waals surface area (Å²) in [5, 5.41) is 4.78. The Morgan fingerprint density at radius 2 is 1.95 bits per heavy atom. The van der Waals surface area contributed by atoms with Gasteiger partial charge in [-0.15, -0.1) is 0 Å². The molecule has 1 aromatic heterocycles. The van der Waals surface area contributed by atoms with Crippen molar-refractivity contribution in [3.05, 3.63) is 36.0 Å². The van der Waals surface area contributed by atoms with Crippen molar-refractivity contribution in [3.63, 3.8) is 0 Å². The smallest absolute Gasteiger partial charge is 0.253 e. The van der Waals surface area contributed by atoms with E-state index in [-0.39, 0.29) is 5.91 Å². The van der Waals surface area contributed by atoms with Crippen LogP contribution in [-0.4, -0.2) is 41.0 Å². The summed E-state index contributed by atoms with van der Waals surface area (Å²) >= 11 is 0. The summed E-state index contributed by atoms with van der Waals surface area (Å²) in [6.07, 6.45) is 6.61. The third-order valence-electron chi connectivity index (χ3n) is 5.12. The summed E-state index contributed by atoms with van der Waals surface area (Å²) in [4.78, 5) is 17.9. The molecule has 0 aliphatic carbocycles. The normalized spacial score (nSPS) is 28.0. The molecule has 0 saturated carbocycles. The highest BCUT2D eigenvalue weighted by atomic mass is 16.2. The lowest BCUT2D eigenvalue weighted by Gasteiger charge is -2.35. The molecule has 1 aromatic carbocycles. The number of aromatic amines is 1.